The Labute approximate surface area is 98.1 Å². The number of methoxy groups -OCH3 is 1. The van der Waals surface area contributed by atoms with E-state index in [1.54, 1.807) is 6.07 Å². The molecule has 1 aromatic carbocycles. The fraction of sp³-hybridized carbons (Fsp3) is 0.364. The number of aldehydes is 1. The maximum absolute atomic E-state index is 11.1. The van der Waals surface area contributed by atoms with Crippen molar-refractivity contribution >= 4 is 17.9 Å². The third-order valence-corrected chi connectivity index (χ3v) is 2.62. The van der Waals surface area contributed by atoms with Gasteiger partial charge in [0, 0.05) is 5.88 Å². The van der Waals surface area contributed by atoms with Gasteiger partial charge in [-0.1, -0.05) is 0 Å². The van der Waals surface area contributed by atoms with Gasteiger partial charge in [0.1, 0.15) is 0 Å². The van der Waals surface area contributed by atoms with Crippen LogP contribution in [0.1, 0.15) is 15.9 Å². The first-order chi connectivity index (χ1) is 7.81. The highest BCUT2D eigenvalue weighted by molar-refractivity contribution is 6.18. The Balaban J connectivity index is 2.58. The highest BCUT2D eigenvalue weighted by Gasteiger charge is 2.24. The Kier molecular flexibility index (Phi) is 3.19. The van der Waals surface area contributed by atoms with Crippen LogP contribution < -0.4 is 14.2 Å². The van der Waals surface area contributed by atoms with Crippen LogP contribution >= 0.6 is 11.6 Å². The van der Waals surface area contributed by atoms with Gasteiger partial charge in [0.05, 0.1) is 12.7 Å². The molecule has 0 amide bonds. The van der Waals surface area contributed by atoms with Gasteiger partial charge in [-0.15, -0.1) is 11.6 Å². The number of benzene rings is 1. The zero-order valence-electron chi connectivity index (χ0n) is 8.79. The van der Waals surface area contributed by atoms with E-state index in [0.29, 0.717) is 35.1 Å². The fourth-order valence-electron chi connectivity index (χ4n) is 1.72. The molecule has 0 aromatic heterocycles. The summed E-state index contributed by atoms with van der Waals surface area (Å²) in [6.45, 7) is 0.147. The molecule has 16 heavy (non-hydrogen) atoms. The van der Waals surface area contributed by atoms with Gasteiger partial charge in [-0.3, -0.25) is 4.79 Å². The number of ether oxygens (including phenoxy) is 3. The summed E-state index contributed by atoms with van der Waals surface area (Å²) >= 11 is 5.68. The Morgan fingerprint density at radius 1 is 1.56 bits per heavy atom. The average molecular weight is 243 g/mol. The van der Waals surface area contributed by atoms with E-state index in [-0.39, 0.29) is 6.79 Å². The second-order valence-corrected chi connectivity index (χ2v) is 3.65. The van der Waals surface area contributed by atoms with Crippen LogP contribution in [0.5, 0.6) is 17.2 Å². The van der Waals surface area contributed by atoms with Crippen molar-refractivity contribution in [3.8, 4) is 17.2 Å². The second-order valence-electron chi connectivity index (χ2n) is 3.27. The van der Waals surface area contributed by atoms with Crippen molar-refractivity contribution in [2.75, 3.05) is 19.8 Å². The number of carbonyl (C=O) groups is 1. The minimum atomic E-state index is 0.147. The molecule has 0 atom stereocenters. The van der Waals surface area contributed by atoms with Crippen molar-refractivity contribution in [3.63, 3.8) is 0 Å². The van der Waals surface area contributed by atoms with Gasteiger partial charge < -0.3 is 14.2 Å². The molecular weight excluding hydrogens is 232 g/mol. The number of hydrogen-bond acceptors (Lipinski definition) is 4. The maximum atomic E-state index is 11.1. The molecule has 86 valence electrons. The molecule has 5 heteroatoms. The molecule has 1 aliphatic rings. The van der Waals surface area contributed by atoms with E-state index in [4.69, 9.17) is 25.8 Å². The number of fused-ring (bicyclic) bond motifs is 1. The van der Waals surface area contributed by atoms with E-state index in [1.165, 1.54) is 7.11 Å². The molecule has 1 heterocycles. The molecule has 1 aliphatic heterocycles. The quantitative estimate of drug-likeness (QED) is 0.599. The lowest BCUT2D eigenvalue weighted by atomic mass is 10.0. The van der Waals surface area contributed by atoms with Crippen LogP contribution in [0.15, 0.2) is 6.07 Å². The first-order valence-electron chi connectivity index (χ1n) is 4.82. The molecule has 1 aromatic rings. The predicted molar refractivity (Wildman–Crippen MR) is 58.9 cm³/mol. The number of halogens is 1. The lowest BCUT2D eigenvalue weighted by Gasteiger charge is -2.11. The normalized spacial score (nSPS) is 12.6. The number of rotatable bonds is 4. The molecule has 0 N–H and O–H groups in total. The molecule has 0 saturated carbocycles. The van der Waals surface area contributed by atoms with Gasteiger partial charge in [-0.05, 0) is 18.1 Å². The number of alkyl halides is 1. The minimum absolute atomic E-state index is 0.147. The van der Waals surface area contributed by atoms with Gasteiger partial charge in [0.25, 0.3) is 0 Å². The van der Waals surface area contributed by atoms with Crippen LogP contribution in [0.4, 0.5) is 0 Å². The highest BCUT2D eigenvalue weighted by atomic mass is 35.5. The van der Waals surface area contributed by atoms with Crippen molar-refractivity contribution in [2.24, 2.45) is 0 Å². The summed E-state index contributed by atoms with van der Waals surface area (Å²) in [5, 5.41) is 0. The first-order valence-corrected chi connectivity index (χ1v) is 5.36. The standard InChI is InChI=1S/C11H11ClO4/c1-14-10-8(5-13)7(2-3-12)4-9-11(10)16-6-15-9/h4-5H,2-3,6H2,1H3. The monoisotopic (exact) mass is 242 g/mol. The summed E-state index contributed by atoms with van der Waals surface area (Å²) in [5.41, 5.74) is 1.29. The van der Waals surface area contributed by atoms with E-state index in [1.807, 2.05) is 0 Å². The SMILES string of the molecule is COc1c(C=O)c(CCCl)cc2c1OCO2. The number of carbonyl (C=O) groups excluding carboxylic acids is 1. The zero-order valence-corrected chi connectivity index (χ0v) is 9.54. The van der Waals surface area contributed by atoms with Crippen LogP contribution in [0.2, 0.25) is 0 Å². The van der Waals surface area contributed by atoms with Crippen LogP contribution in [0.25, 0.3) is 0 Å². The van der Waals surface area contributed by atoms with Crippen molar-refractivity contribution in [1.82, 2.24) is 0 Å². The van der Waals surface area contributed by atoms with Crippen molar-refractivity contribution in [2.45, 2.75) is 6.42 Å². The predicted octanol–water partition coefficient (Wildman–Crippen LogP) is 2.02. The van der Waals surface area contributed by atoms with Crippen molar-refractivity contribution in [1.29, 1.82) is 0 Å². The van der Waals surface area contributed by atoms with Crippen LogP contribution in [-0.4, -0.2) is 26.1 Å². The summed E-state index contributed by atoms with van der Waals surface area (Å²) in [5.74, 6) is 1.94. The van der Waals surface area contributed by atoms with Gasteiger partial charge in [-0.25, -0.2) is 0 Å². The highest BCUT2D eigenvalue weighted by Crippen LogP contribution is 2.44. The molecule has 0 radical (unpaired) electrons. The lowest BCUT2D eigenvalue weighted by Crippen LogP contribution is -1.99. The Hall–Kier alpha value is -1.42. The molecule has 0 spiro atoms. The minimum Gasteiger partial charge on any atom is -0.492 e. The van der Waals surface area contributed by atoms with Crippen molar-refractivity contribution < 1.29 is 19.0 Å². The smallest absolute Gasteiger partial charge is 0.231 e. The molecule has 0 fully saturated rings. The van der Waals surface area contributed by atoms with E-state index < -0.39 is 0 Å². The van der Waals surface area contributed by atoms with Gasteiger partial charge in [0.2, 0.25) is 12.5 Å². The number of hydrogen-bond donors (Lipinski definition) is 0. The van der Waals surface area contributed by atoms with Gasteiger partial charge in [0.15, 0.2) is 17.8 Å². The van der Waals surface area contributed by atoms with Crippen LogP contribution in [0.3, 0.4) is 0 Å². The van der Waals surface area contributed by atoms with E-state index in [2.05, 4.69) is 0 Å². The molecule has 4 nitrogen and oxygen atoms in total. The molecule has 0 bridgehead atoms. The second kappa shape index (κ2) is 4.61. The third kappa shape index (κ3) is 1.69. The lowest BCUT2D eigenvalue weighted by molar-refractivity contribution is 0.111. The molecular formula is C11H11ClO4. The molecule has 0 saturated heterocycles. The maximum Gasteiger partial charge on any atom is 0.231 e. The Morgan fingerprint density at radius 3 is 3.00 bits per heavy atom. The Bertz CT molecular complexity index is 417. The van der Waals surface area contributed by atoms with E-state index in [0.717, 1.165) is 11.8 Å². The molecule has 0 aliphatic carbocycles. The topological polar surface area (TPSA) is 44.8 Å². The van der Waals surface area contributed by atoms with Gasteiger partial charge in [-0.2, -0.15) is 0 Å². The summed E-state index contributed by atoms with van der Waals surface area (Å²) < 4.78 is 15.7. The summed E-state index contributed by atoms with van der Waals surface area (Å²) in [6, 6.07) is 1.77. The zero-order chi connectivity index (χ0) is 11.5. The Morgan fingerprint density at radius 2 is 2.38 bits per heavy atom. The summed E-state index contributed by atoms with van der Waals surface area (Å²) in [6.07, 6.45) is 1.34. The molecule has 2 rings (SSSR count). The van der Waals surface area contributed by atoms with Crippen LogP contribution in [0, 0.1) is 0 Å². The number of aryl methyl sites for hydroxylation is 1. The average Bonchev–Trinajstić information content (AvgIpc) is 2.75. The molecule has 0 unspecified atom stereocenters. The summed E-state index contributed by atoms with van der Waals surface area (Å²) in [4.78, 5) is 11.1. The largest absolute Gasteiger partial charge is 0.492 e. The van der Waals surface area contributed by atoms with Crippen molar-refractivity contribution in [3.05, 3.63) is 17.2 Å². The summed E-state index contributed by atoms with van der Waals surface area (Å²) in [7, 11) is 1.49. The van der Waals surface area contributed by atoms with Gasteiger partial charge >= 0.3 is 0 Å². The van der Waals surface area contributed by atoms with Crippen LogP contribution in [-0.2, 0) is 6.42 Å². The third-order valence-electron chi connectivity index (χ3n) is 2.43. The van der Waals surface area contributed by atoms with E-state index >= 15 is 0 Å². The van der Waals surface area contributed by atoms with E-state index in [9.17, 15) is 4.79 Å². The first kappa shape index (κ1) is 11.1. The fourth-order valence-corrected chi connectivity index (χ4v) is 1.92.